The van der Waals surface area contributed by atoms with Crippen LogP contribution in [-0.4, -0.2) is 24.3 Å². The van der Waals surface area contributed by atoms with Crippen molar-refractivity contribution in [2.75, 3.05) is 11.9 Å². The molecular weight excluding hydrogens is 320 g/mol. The van der Waals surface area contributed by atoms with Crippen molar-refractivity contribution in [3.63, 3.8) is 0 Å². The summed E-state index contributed by atoms with van der Waals surface area (Å²) in [5.74, 6) is 0. The Morgan fingerprint density at radius 2 is 2.05 bits per heavy atom. The second kappa shape index (κ2) is 6.97. The SMILES string of the molecule is Cc1c(Br)cccc1NC(C)CNC(=O)OC(C)(C)C. The van der Waals surface area contributed by atoms with Gasteiger partial charge in [0, 0.05) is 22.7 Å². The van der Waals surface area contributed by atoms with E-state index in [4.69, 9.17) is 4.74 Å². The third-order valence-electron chi connectivity index (χ3n) is 2.62. The summed E-state index contributed by atoms with van der Waals surface area (Å²) >= 11 is 3.50. The number of halogens is 1. The lowest BCUT2D eigenvalue weighted by Gasteiger charge is -2.22. The zero-order valence-corrected chi connectivity index (χ0v) is 14.3. The van der Waals surface area contributed by atoms with Gasteiger partial charge in [0.2, 0.25) is 0 Å². The van der Waals surface area contributed by atoms with Crippen molar-refractivity contribution in [1.29, 1.82) is 0 Å². The van der Waals surface area contributed by atoms with Crippen molar-refractivity contribution < 1.29 is 9.53 Å². The summed E-state index contributed by atoms with van der Waals surface area (Å²) in [4.78, 5) is 11.6. The number of amides is 1. The molecule has 0 saturated carbocycles. The van der Waals surface area contributed by atoms with Gasteiger partial charge >= 0.3 is 6.09 Å². The normalized spacial score (nSPS) is 12.7. The molecule has 1 unspecified atom stereocenters. The van der Waals surface area contributed by atoms with Crippen molar-refractivity contribution in [3.8, 4) is 0 Å². The van der Waals surface area contributed by atoms with Crippen molar-refractivity contribution in [2.45, 2.75) is 46.3 Å². The topological polar surface area (TPSA) is 50.4 Å². The average Bonchev–Trinajstić information content (AvgIpc) is 2.30. The molecule has 0 aliphatic carbocycles. The Bertz CT molecular complexity index is 469. The molecule has 5 heteroatoms. The van der Waals surface area contributed by atoms with Gasteiger partial charge in [-0.1, -0.05) is 22.0 Å². The van der Waals surface area contributed by atoms with E-state index in [1.807, 2.05) is 52.8 Å². The van der Waals surface area contributed by atoms with Crippen LogP contribution in [0.2, 0.25) is 0 Å². The summed E-state index contributed by atoms with van der Waals surface area (Å²) < 4.78 is 6.26. The molecule has 0 fully saturated rings. The molecule has 0 aliphatic rings. The number of anilines is 1. The Labute approximate surface area is 129 Å². The van der Waals surface area contributed by atoms with Crippen LogP contribution in [0.3, 0.4) is 0 Å². The maximum absolute atomic E-state index is 11.6. The van der Waals surface area contributed by atoms with Gasteiger partial charge in [0.25, 0.3) is 0 Å². The van der Waals surface area contributed by atoms with Gasteiger partial charge in [0.1, 0.15) is 5.60 Å². The van der Waals surface area contributed by atoms with Gasteiger partial charge in [-0.05, 0) is 52.3 Å². The van der Waals surface area contributed by atoms with E-state index in [1.54, 1.807) is 0 Å². The van der Waals surface area contributed by atoms with E-state index in [2.05, 4.69) is 26.6 Å². The van der Waals surface area contributed by atoms with Crippen LogP contribution in [0.1, 0.15) is 33.3 Å². The number of ether oxygens (including phenoxy) is 1. The second-order valence-corrected chi connectivity index (χ2v) is 6.69. The van der Waals surface area contributed by atoms with Crippen molar-refractivity contribution in [3.05, 3.63) is 28.2 Å². The maximum atomic E-state index is 11.6. The number of carbonyl (C=O) groups excluding carboxylic acids is 1. The van der Waals surface area contributed by atoms with Crippen molar-refractivity contribution >= 4 is 27.7 Å². The van der Waals surface area contributed by atoms with Crippen LogP contribution in [0.15, 0.2) is 22.7 Å². The van der Waals surface area contributed by atoms with E-state index in [0.717, 1.165) is 15.7 Å². The molecule has 0 heterocycles. The van der Waals surface area contributed by atoms with E-state index >= 15 is 0 Å². The number of alkyl carbamates (subject to hydrolysis) is 1. The van der Waals surface area contributed by atoms with Crippen LogP contribution < -0.4 is 10.6 Å². The van der Waals surface area contributed by atoms with Crippen LogP contribution in [0.25, 0.3) is 0 Å². The van der Waals surface area contributed by atoms with Gasteiger partial charge in [-0.15, -0.1) is 0 Å². The first kappa shape index (κ1) is 16.8. The van der Waals surface area contributed by atoms with Crippen LogP contribution in [-0.2, 0) is 4.74 Å². The molecule has 0 spiro atoms. The molecule has 0 bridgehead atoms. The first-order valence-electron chi connectivity index (χ1n) is 6.67. The summed E-state index contributed by atoms with van der Waals surface area (Å²) in [7, 11) is 0. The predicted octanol–water partition coefficient (Wildman–Crippen LogP) is 4.08. The van der Waals surface area contributed by atoms with Crippen LogP contribution in [0.4, 0.5) is 10.5 Å². The summed E-state index contributed by atoms with van der Waals surface area (Å²) in [5.41, 5.74) is 1.73. The van der Waals surface area contributed by atoms with E-state index in [1.165, 1.54) is 0 Å². The standard InChI is InChI=1S/C15H23BrN2O2/c1-10(9-17-14(19)20-15(3,4)5)18-13-8-6-7-12(16)11(13)2/h6-8,10,18H,9H2,1-5H3,(H,17,19). The lowest BCUT2D eigenvalue weighted by molar-refractivity contribution is 0.0526. The molecule has 0 aliphatic heterocycles. The number of nitrogens with one attached hydrogen (secondary N) is 2. The molecule has 1 amide bonds. The fourth-order valence-corrected chi connectivity index (χ4v) is 2.00. The first-order chi connectivity index (χ1) is 9.19. The maximum Gasteiger partial charge on any atom is 0.407 e. The third-order valence-corrected chi connectivity index (χ3v) is 3.48. The summed E-state index contributed by atoms with van der Waals surface area (Å²) in [6.07, 6.45) is -0.392. The Balaban J connectivity index is 2.46. The molecular formula is C15H23BrN2O2. The minimum atomic E-state index is -0.471. The summed E-state index contributed by atoms with van der Waals surface area (Å²) in [6, 6.07) is 6.11. The second-order valence-electron chi connectivity index (χ2n) is 5.84. The Morgan fingerprint density at radius 3 is 2.65 bits per heavy atom. The molecule has 112 valence electrons. The number of benzene rings is 1. The number of rotatable bonds is 4. The molecule has 0 aromatic heterocycles. The molecule has 0 saturated heterocycles. The van der Waals surface area contributed by atoms with Gasteiger partial charge in [0.05, 0.1) is 0 Å². The number of hydrogen-bond acceptors (Lipinski definition) is 3. The Hall–Kier alpha value is -1.23. The third kappa shape index (κ3) is 5.82. The fourth-order valence-electron chi connectivity index (χ4n) is 1.63. The number of hydrogen-bond donors (Lipinski definition) is 2. The van der Waals surface area contributed by atoms with Gasteiger partial charge in [-0.2, -0.15) is 0 Å². The zero-order valence-electron chi connectivity index (χ0n) is 12.7. The van der Waals surface area contributed by atoms with Gasteiger partial charge in [0.15, 0.2) is 0 Å². The monoisotopic (exact) mass is 342 g/mol. The highest BCUT2D eigenvalue weighted by Gasteiger charge is 2.16. The van der Waals surface area contributed by atoms with Crippen LogP contribution in [0.5, 0.6) is 0 Å². The molecule has 2 N–H and O–H groups in total. The van der Waals surface area contributed by atoms with Gasteiger partial charge in [-0.3, -0.25) is 0 Å². The highest BCUT2D eigenvalue weighted by Crippen LogP contribution is 2.23. The molecule has 1 rings (SSSR count). The van der Waals surface area contributed by atoms with Crippen molar-refractivity contribution in [1.82, 2.24) is 5.32 Å². The highest BCUT2D eigenvalue weighted by molar-refractivity contribution is 9.10. The largest absolute Gasteiger partial charge is 0.444 e. The molecule has 1 aromatic carbocycles. The minimum absolute atomic E-state index is 0.107. The lowest BCUT2D eigenvalue weighted by Crippen LogP contribution is -2.38. The highest BCUT2D eigenvalue weighted by atomic mass is 79.9. The van der Waals surface area contributed by atoms with E-state index in [9.17, 15) is 4.79 Å². The van der Waals surface area contributed by atoms with Crippen molar-refractivity contribution in [2.24, 2.45) is 0 Å². The van der Waals surface area contributed by atoms with Gasteiger partial charge in [-0.25, -0.2) is 4.79 Å². The minimum Gasteiger partial charge on any atom is -0.444 e. The quantitative estimate of drug-likeness (QED) is 0.866. The zero-order chi connectivity index (χ0) is 15.3. The van der Waals surface area contributed by atoms with Crippen LogP contribution in [0, 0.1) is 6.92 Å². The molecule has 1 aromatic rings. The summed E-state index contributed by atoms with van der Waals surface area (Å²) in [5, 5.41) is 6.13. The molecule has 4 nitrogen and oxygen atoms in total. The Kier molecular flexibility index (Phi) is 5.87. The average molecular weight is 343 g/mol. The molecule has 0 radical (unpaired) electrons. The predicted molar refractivity (Wildman–Crippen MR) is 86.2 cm³/mol. The van der Waals surface area contributed by atoms with E-state index < -0.39 is 11.7 Å². The fraction of sp³-hybridized carbons (Fsp3) is 0.533. The lowest BCUT2D eigenvalue weighted by atomic mass is 10.2. The Morgan fingerprint density at radius 1 is 1.40 bits per heavy atom. The van der Waals surface area contributed by atoms with Gasteiger partial charge < -0.3 is 15.4 Å². The number of carbonyl (C=O) groups is 1. The van der Waals surface area contributed by atoms with E-state index in [0.29, 0.717) is 6.54 Å². The van der Waals surface area contributed by atoms with E-state index in [-0.39, 0.29) is 6.04 Å². The first-order valence-corrected chi connectivity index (χ1v) is 7.47. The smallest absolute Gasteiger partial charge is 0.407 e. The summed E-state index contributed by atoms with van der Waals surface area (Å²) in [6.45, 7) is 10.1. The van der Waals surface area contributed by atoms with Crippen LogP contribution >= 0.6 is 15.9 Å². The molecule has 20 heavy (non-hydrogen) atoms. The molecule has 1 atom stereocenters.